The summed E-state index contributed by atoms with van der Waals surface area (Å²) in [6.07, 6.45) is 0.959. The molecule has 0 aliphatic heterocycles. The van der Waals surface area contributed by atoms with Gasteiger partial charge in [0, 0.05) is 6.54 Å². The number of nitrogens with zero attached hydrogens (tertiary/aromatic N) is 2. The highest BCUT2D eigenvalue weighted by Gasteiger charge is 2.03. The molecule has 0 bridgehead atoms. The molecule has 1 aromatic carbocycles. The number of hydrogen-bond acceptors (Lipinski definition) is 3. The average Bonchev–Trinajstić information content (AvgIpc) is 2.45. The third-order valence-electron chi connectivity index (χ3n) is 2.66. The lowest BCUT2D eigenvalue weighted by Gasteiger charge is -2.12. The Morgan fingerprint density at radius 3 is 2.52 bits per heavy atom. The number of aliphatic imine (C=N–C) groups is 1. The van der Waals surface area contributed by atoms with Crippen LogP contribution in [0.2, 0.25) is 0 Å². The molecule has 3 N–H and O–H groups in total. The molecule has 0 aliphatic carbocycles. The summed E-state index contributed by atoms with van der Waals surface area (Å²) in [5.74, 6) is 0.0177. The molecular formula is C15H20N4O2. The third kappa shape index (κ3) is 6.97. The van der Waals surface area contributed by atoms with Crippen LogP contribution >= 0.6 is 0 Å². The molecule has 1 rings (SSSR count). The first kappa shape index (κ1) is 16.5. The van der Waals surface area contributed by atoms with Gasteiger partial charge in [-0.25, -0.2) is 4.99 Å². The Labute approximate surface area is 124 Å². The summed E-state index contributed by atoms with van der Waals surface area (Å²) in [6, 6.07) is 8.80. The second kappa shape index (κ2) is 8.59. The highest BCUT2D eigenvalue weighted by molar-refractivity contribution is 5.85. The van der Waals surface area contributed by atoms with Crippen LogP contribution in [0, 0.1) is 17.2 Å². The Morgan fingerprint density at radius 1 is 1.33 bits per heavy atom. The van der Waals surface area contributed by atoms with Gasteiger partial charge < -0.3 is 15.7 Å². The SMILES string of the molecule is CC(C)CCNC(=Nc1ccc(C#N)cc1)NCC(=O)O. The molecule has 0 radical (unpaired) electrons. The van der Waals surface area contributed by atoms with E-state index in [-0.39, 0.29) is 6.54 Å². The van der Waals surface area contributed by atoms with Gasteiger partial charge in [0.05, 0.1) is 17.3 Å². The van der Waals surface area contributed by atoms with E-state index in [4.69, 9.17) is 10.4 Å². The van der Waals surface area contributed by atoms with Crippen LogP contribution in [0.1, 0.15) is 25.8 Å². The van der Waals surface area contributed by atoms with Gasteiger partial charge in [-0.1, -0.05) is 13.8 Å². The Hall–Kier alpha value is -2.55. The third-order valence-corrected chi connectivity index (χ3v) is 2.66. The number of carboxylic acids is 1. The number of rotatable bonds is 6. The highest BCUT2D eigenvalue weighted by Crippen LogP contribution is 2.12. The van der Waals surface area contributed by atoms with Gasteiger partial charge in [-0.15, -0.1) is 0 Å². The summed E-state index contributed by atoms with van der Waals surface area (Å²) in [5, 5.41) is 23.3. The summed E-state index contributed by atoms with van der Waals surface area (Å²) in [7, 11) is 0. The number of guanidine groups is 1. The predicted molar refractivity (Wildman–Crippen MR) is 81.3 cm³/mol. The lowest BCUT2D eigenvalue weighted by Crippen LogP contribution is -2.40. The van der Waals surface area contributed by atoms with Gasteiger partial charge in [0.1, 0.15) is 6.54 Å². The summed E-state index contributed by atoms with van der Waals surface area (Å²) in [6.45, 7) is 4.73. The smallest absolute Gasteiger partial charge is 0.322 e. The van der Waals surface area contributed by atoms with Crippen LogP contribution in [0.5, 0.6) is 0 Å². The van der Waals surface area contributed by atoms with E-state index >= 15 is 0 Å². The molecular weight excluding hydrogens is 268 g/mol. The van der Waals surface area contributed by atoms with Gasteiger partial charge in [-0.2, -0.15) is 5.26 Å². The average molecular weight is 288 g/mol. The molecule has 0 unspecified atom stereocenters. The van der Waals surface area contributed by atoms with Crippen LogP contribution in [-0.2, 0) is 4.79 Å². The number of carboxylic acid groups (broad SMARTS) is 1. The Bertz CT molecular complexity index is 530. The maximum atomic E-state index is 10.6. The fraction of sp³-hybridized carbons (Fsp3) is 0.400. The largest absolute Gasteiger partial charge is 0.480 e. The van der Waals surface area contributed by atoms with Gasteiger partial charge in [-0.3, -0.25) is 4.79 Å². The predicted octanol–water partition coefficient (Wildman–Crippen LogP) is 1.86. The zero-order valence-corrected chi connectivity index (χ0v) is 12.3. The first-order chi connectivity index (χ1) is 10.0. The zero-order chi connectivity index (χ0) is 15.7. The molecule has 0 aromatic heterocycles. The van der Waals surface area contributed by atoms with E-state index in [1.165, 1.54) is 0 Å². The van der Waals surface area contributed by atoms with Crippen molar-refractivity contribution in [1.82, 2.24) is 10.6 Å². The van der Waals surface area contributed by atoms with Crippen molar-refractivity contribution in [2.75, 3.05) is 13.1 Å². The first-order valence-electron chi connectivity index (χ1n) is 6.79. The minimum Gasteiger partial charge on any atom is -0.480 e. The quantitative estimate of drug-likeness (QED) is 0.548. The summed E-state index contributed by atoms with van der Waals surface area (Å²) in [5.41, 5.74) is 1.21. The van der Waals surface area contributed by atoms with E-state index in [1.54, 1.807) is 24.3 Å². The van der Waals surface area contributed by atoms with E-state index in [0.29, 0.717) is 29.7 Å². The summed E-state index contributed by atoms with van der Waals surface area (Å²) >= 11 is 0. The van der Waals surface area contributed by atoms with E-state index in [9.17, 15) is 4.79 Å². The van der Waals surface area contributed by atoms with Gasteiger partial charge >= 0.3 is 5.97 Å². The second-order valence-electron chi connectivity index (χ2n) is 4.98. The second-order valence-corrected chi connectivity index (χ2v) is 4.98. The lowest BCUT2D eigenvalue weighted by atomic mass is 10.1. The molecule has 0 fully saturated rings. The number of aliphatic carboxylic acids is 1. The maximum absolute atomic E-state index is 10.6. The monoisotopic (exact) mass is 288 g/mol. The minimum atomic E-state index is -0.951. The molecule has 6 heteroatoms. The fourth-order valence-corrected chi connectivity index (χ4v) is 1.52. The summed E-state index contributed by atoms with van der Waals surface area (Å²) < 4.78 is 0. The van der Waals surface area contributed by atoms with Crippen molar-refractivity contribution in [3.63, 3.8) is 0 Å². The van der Waals surface area contributed by atoms with Crippen molar-refractivity contribution in [2.24, 2.45) is 10.9 Å². The van der Waals surface area contributed by atoms with Crippen LogP contribution in [0.3, 0.4) is 0 Å². The van der Waals surface area contributed by atoms with Crippen LogP contribution in [0.25, 0.3) is 0 Å². The first-order valence-corrected chi connectivity index (χ1v) is 6.79. The maximum Gasteiger partial charge on any atom is 0.322 e. The number of nitrogens with one attached hydrogen (secondary N) is 2. The zero-order valence-electron chi connectivity index (χ0n) is 12.3. The number of hydrogen-bond donors (Lipinski definition) is 3. The number of carbonyl (C=O) groups is 1. The van der Waals surface area contributed by atoms with E-state index in [2.05, 4.69) is 29.5 Å². The molecule has 0 amide bonds. The topological polar surface area (TPSA) is 97.5 Å². The van der Waals surface area contributed by atoms with Crippen LogP contribution in [0.15, 0.2) is 29.3 Å². The van der Waals surface area contributed by atoms with Crippen LogP contribution in [0.4, 0.5) is 5.69 Å². The van der Waals surface area contributed by atoms with E-state index < -0.39 is 5.97 Å². The molecule has 112 valence electrons. The number of nitriles is 1. The molecule has 0 atom stereocenters. The molecule has 1 aromatic rings. The van der Waals surface area contributed by atoms with Crippen molar-refractivity contribution in [3.05, 3.63) is 29.8 Å². The van der Waals surface area contributed by atoms with Crippen molar-refractivity contribution < 1.29 is 9.90 Å². The lowest BCUT2D eigenvalue weighted by molar-refractivity contribution is -0.135. The Kier molecular flexibility index (Phi) is 6.75. The van der Waals surface area contributed by atoms with Crippen LogP contribution < -0.4 is 10.6 Å². The number of benzene rings is 1. The molecule has 0 heterocycles. The molecule has 0 aliphatic rings. The van der Waals surface area contributed by atoms with Gasteiger partial charge in [0.15, 0.2) is 5.96 Å². The highest BCUT2D eigenvalue weighted by atomic mass is 16.4. The molecule has 6 nitrogen and oxygen atoms in total. The molecule has 0 saturated heterocycles. The van der Waals surface area contributed by atoms with Crippen molar-refractivity contribution >= 4 is 17.6 Å². The van der Waals surface area contributed by atoms with Gasteiger partial charge in [0.2, 0.25) is 0 Å². The fourth-order valence-electron chi connectivity index (χ4n) is 1.52. The van der Waals surface area contributed by atoms with E-state index in [1.807, 2.05) is 6.07 Å². The molecule has 21 heavy (non-hydrogen) atoms. The van der Waals surface area contributed by atoms with Crippen LogP contribution in [-0.4, -0.2) is 30.1 Å². The standard InChI is InChI=1S/C15H20N4O2/c1-11(2)7-8-17-15(18-10-14(20)21)19-13-5-3-12(9-16)4-6-13/h3-6,11H,7-8,10H2,1-2H3,(H,20,21)(H2,17,18,19). The van der Waals surface area contributed by atoms with Crippen molar-refractivity contribution in [3.8, 4) is 6.07 Å². The minimum absolute atomic E-state index is 0.205. The van der Waals surface area contributed by atoms with Crippen molar-refractivity contribution in [2.45, 2.75) is 20.3 Å². The molecule has 0 spiro atoms. The Morgan fingerprint density at radius 2 is 2.00 bits per heavy atom. The Balaban J connectivity index is 2.74. The van der Waals surface area contributed by atoms with E-state index in [0.717, 1.165) is 6.42 Å². The normalized spacial score (nSPS) is 11.0. The van der Waals surface area contributed by atoms with Gasteiger partial charge in [-0.05, 0) is 36.6 Å². The van der Waals surface area contributed by atoms with Crippen molar-refractivity contribution in [1.29, 1.82) is 5.26 Å². The summed E-state index contributed by atoms with van der Waals surface area (Å²) in [4.78, 5) is 15.0. The molecule has 0 saturated carbocycles. The van der Waals surface area contributed by atoms with Gasteiger partial charge in [0.25, 0.3) is 0 Å².